The lowest BCUT2D eigenvalue weighted by atomic mass is 10.1. The zero-order chi connectivity index (χ0) is 19.2. The minimum Gasteiger partial charge on any atom is -0.497 e. The fourth-order valence-corrected chi connectivity index (χ4v) is 3.56. The Morgan fingerprint density at radius 3 is 2.08 bits per heavy atom. The summed E-state index contributed by atoms with van der Waals surface area (Å²) in [6.07, 6.45) is 1.59. The van der Waals surface area contributed by atoms with Crippen LogP contribution in [-0.2, 0) is 19.6 Å². The maximum absolute atomic E-state index is 12.5. The van der Waals surface area contributed by atoms with Crippen LogP contribution in [-0.4, -0.2) is 34.6 Å². The normalized spacial score (nSPS) is 12.2. The Morgan fingerprint density at radius 2 is 1.62 bits per heavy atom. The van der Waals surface area contributed by atoms with Gasteiger partial charge in [-0.05, 0) is 41.8 Å². The number of carbonyl (C=O) groups is 1. The molecule has 1 unspecified atom stereocenters. The summed E-state index contributed by atoms with van der Waals surface area (Å²) in [6, 6.07) is 12.8. The Morgan fingerprint density at radius 1 is 1.08 bits per heavy atom. The highest BCUT2D eigenvalue weighted by atomic mass is 32.2. The topological polar surface area (TPSA) is 81.7 Å². The lowest BCUT2D eigenvalue weighted by Gasteiger charge is -2.15. The van der Waals surface area contributed by atoms with Gasteiger partial charge in [-0.25, -0.2) is 8.42 Å². The van der Waals surface area contributed by atoms with Gasteiger partial charge in [0.2, 0.25) is 10.0 Å². The van der Waals surface area contributed by atoms with Crippen molar-refractivity contribution in [1.82, 2.24) is 4.72 Å². The Hall–Kier alpha value is -2.64. The van der Waals surface area contributed by atoms with Crippen LogP contribution in [0.4, 0.5) is 0 Å². The fourth-order valence-electron chi connectivity index (χ4n) is 2.37. The van der Waals surface area contributed by atoms with Gasteiger partial charge in [-0.3, -0.25) is 4.79 Å². The molecule has 26 heavy (non-hydrogen) atoms. The molecular weight excluding hydrogens is 354 g/mol. The molecule has 0 fully saturated rings. The van der Waals surface area contributed by atoms with Gasteiger partial charge in [-0.15, -0.1) is 6.58 Å². The molecule has 0 spiro atoms. The van der Waals surface area contributed by atoms with Gasteiger partial charge in [0.25, 0.3) is 0 Å². The lowest BCUT2D eigenvalue weighted by Crippen LogP contribution is -2.41. The number of esters is 1. The van der Waals surface area contributed by atoms with E-state index in [1.54, 1.807) is 19.2 Å². The van der Waals surface area contributed by atoms with Gasteiger partial charge in [0.05, 0.1) is 19.1 Å². The molecule has 0 aromatic heterocycles. The molecule has 0 bridgehead atoms. The molecule has 7 heteroatoms. The number of methoxy groups -OCH3 is 2. The smallest absolute Gasteiger partial charge is 0.324 e. The van der Waals surface area contributed by atoms with Crippen molar-refractivity contribution in [2.45, 2.75) is 17.4 Å². The van der Waals surface area contributed by atoms with Crippen molar-refractivity contribution in [3.05, 3.63) is 61.2 Å². The first kappa shape index (κ1) is 19.7. The predicted molar refractivity (Wildman–Crippen MR) is 99.4 cm³/mol. The molecule has 0 amide bonds. The quantitative estimate of drug-likeness (QED) is 0.567. The first-order chi connectivity index (χ1) is 12.4. The molecule has 138 valence electrons. The van der Waals surface area contributed by atoms with Crippen molar-refractivity contribution in [3.8, 4) is 16.9 Å². The maximum Gasteiger partial charge on any atom is 0.324 e. The number of hydrogen-bond acceptors (Lipinski definition) is 5. The Labute approximate surface area is 153 Å². The third-order valence-corrected chi connectivity index (χ3v) is 5.26. The molecular formula is C19H21NO5S. The van der Waals surface area contributed by atoms with E-state index < -0.39 is 22.0 Å². The predicted octanol–water partition coefficient (Wildman–Crippen LogP) is 2.76. The number of benzene rings is 2. The zero-order valence-corrected chi connectivity index (χ0v) is 15.5. The number of nitrogens with one attached hydrogen (secondary N) is 1. The summed E-state index contributed by atoms with van der Waals surface area (Å²) in [5.41, 5.74) is 1.80. The Bertz CT molecular complexity index is 858. The lowest BCUT2D eigenvalue weighted by molar-refractivity contribution is -0.142. The van der Waals surface area contributed by atoms with Crippen LogP contribution in [0.15, 0.2) is 66.1 Å². The summed E-state index contributed by atoms with van der Waals surface area (Å²) < 4.78 is 37.1. The van der Waals surface area contributed by atoms with E-state index in [-0.39, 0.29) is 11.3 Å². The van der Waals surface area contributed by atoms with Gasteiger partial charge in [0.15, 0.2) is 0 Å². The molecule has 2 aromatic carbocycles. The molecule has 0 aliphatic rings. The number of carbonyl (C=O) groups excluding carboxylic acids is 1. The van der Waals surface area contributed by atoms with Crippen LogP contribution in [0.5, 0.6) is 5.75 Å². The maximum atomic E-state index is 12.5. The molecule has 1 N–H and O–H groups in total. The molecule has 2 rings (SSSR count). The van der Waals surface area contributed by atoms with Gasteiger partial charge in [-0.2, -0.15) is 4.72 Å². The summed E-state index contributed by atoms with van der Waals surface area (Å²) in [5, 5.41) is 0. The standard InChI is InChI=1S/C19H21NO5S/c1-4-5-18(19(21)25-3)20-26(22,23)17-12-8-15(9-13-17)14-6-10-16(24-2)11-7-14/h4,6-13,18,20H,1,5H2,2-3H3. The van der Waals surface area contributed by atoms with Gasteiger partial charge >= 0.3 is 5.97 Å². The van der Waals surface area contributed by atoms with E-state index in [0.29, 0.717) is 0 Å². The number of ether oxygens (including phenoxy) is 2. The highest BCUT2D eigenvalue weighted by Crippen LogP contribution is 2.24. The summed E-state index contributed by atoms with van der Waals surface area (Å²) in [5.74, 6) is 0.0801. The van der Waals surface area contributed by atoms with Gasteiger partial charge in [0.1, 0.15) is 11.8 Å². The summed E-state index contributed by atoms with van der Waals surface area (Å²) in [6.45, 7) is 3.53. The first-order valence-electron chi connectivity index (χ1n) is 7.87. The van der Waals surface area contributed by atoms with E-state index in [1.165, 1.54) is 25.3 Å². The number of sulfonamides is 1. The van der Waals surface area contributed by atoms with E-state index in [1.807, 2.05) is 24.3 Å². The molecule has 2 aromatic rings. The van der Waals surface area contributed by atoms with E-state index in [4.69, 9.17) is 4.74 Å². The summed E-state index contributed by atoms with van der Waals surface area (Å²) in [4.78, 5) is 11.8. The van der Waals surface area contributed by atoms with E-state index in [9.17, 15) is 13.2 Å². The molecule has 0 heterocycles. The van der Waals surface area contributed by atoms with Crippen LogP contribution in [0, 0.1) is 0 Å². The van der Waals surface area contributed by atoms with Crippen LogP contribution in [0.3, 0.4) is 0 Å². The van der Waals surface area contributed by atoms with Gasteiger partial charge < -0.3 is 9.47 Å². The van der Waals surface area contributed by atoms with Crippen LogP contribution >= 0.6 is 0 Å². The Kier molecular flexibility index (Phi) is 6.54. The summed E-state index contributed by atoms with van der Waals surface area (Å²) >= 11 is 0. The van der Waals surface area contributed by atoms with Crippen molar-refractivity contribution < 1.29 is 22.7 Å². The number of rotatable bonds is 8. The third-order valence-electron chi connectivity index (χ3n) is 3.77. The molecule has 0 radical (unpaired) electrons. The third kappa shape index (κ3) is 4.71. The molecule has 0 aliphatic carbocycles. The van der Waals surface area contributed by atoms with E-state index in [0.717, 1.165) is 16.9 Å². The minimum atomic E-state index is -3.87. The zero-order valence-electron chi connectivity index (χ0n) is 14.6. The summed E-state index contributed by atoms with van der Waals surface area (Å²) in [7, 11) is -1.07. The molecule has 0 saturated carbocycles. The van der Waals surface area contributed by atoms with Crippen molar-refractivity contribution in [2.75, 3.05) is 14.2 Å². The second kappa shape index (κ2) is 8.64. The molecule has 6 nitrogen and oxygen atoms in total. The second-order valence-electron chi connectivity index (χ2n) is 5.47. The van der Waals surface area contributed by atoms with E-state index >= 15 is 0 Å². The van der Waals surface area contributed by atoms with Crippen LogP contribution in [0.1, 0.15) is 6.42 Å². The van der Waals surface area contributed by atoms with Crippen LogP contribution in [0.2, 0.25) is 0 Å². The van der Waals surface area contributed by atoms with Gasteiger partial charge in [0, 0.05) is 0 Å². The highest BCUT2D eigenvalue weighted by molar-refractivity contribution is 7.89. The molecule has 0 saturated heterocycles. The highest BCUT2D eigenvalue weighted by Gasteiger charge is 2.25. The molecule has 0 aliphatic heterocycles. The number of hydrogen-bond donors (Lipinski definition) is 1. The Balaban J connectivity index is 2.22. The average Bonchev–Trinajstić information content (AvgIpc) is 2.67. The average molecular weight is 375 g/mol. The molecule has 1 atom stereocenters. The monoisotopic (exact) mass is 375 g/mol. The SMILES string of the molecule is C=CCC(NS(=O)(=O)c1ccc(-c2ccc(OC)cc2)cc1)C(=O)OC. The second-order valence-corrected chi connectivity index (χ2v) is 7.19. The van der Waals surface area contributed by atoms with Crippen LogP contribution in [0.25, 0.3) is 11.1 Å². The first-order valence-corrected chi connectivity index (χ1v) is 9.35. The van der Waals surface area contributed by atoms with Crippen molar-refractivity contribution in [1.29, 1.82) is 0 Å². The van der Waals surface area contributed by atoms with Crippen molar-refractivity contribution in [3.63, 3.8) is 0 Å². The van der Waals surface area contributed by atoms with E-state index in [2.05, 4.69) is 16.0 Å². The fraction of sp³-hybridized carbons (Fsp3) is 0.211. The van der Waals surface area contributed by atoms with Crippen molar-refractivity contribution >= 4 is 16.0 Å². The van der Waals surface area contributed by atoms with Gasteiger partial charge in [-0.1, -0.05) is 30.3 Å². The minimum absolute atomic E-state index is 0.0627. The van der Waals surface area contributed by atoms with Crippen LogP contribution < -0.4 is 9.46 Å². The van der Waals surface area contributed by atoms with Crippen molar-refractivity contribution in [2.24, 2.45) is 0 Å². The largest absolute Gasteiger partial charge is 0.497 e.